The first-order chi connectivity index (χ1) is 14.7. The molecule has 0 radical (unpaired) electrons. The van der Waals surface area contributed by atoms with Gasteiger partial charge in [0.05, 0.1) is 11.6 Å². The van der Waals surface area contributed by atoms with Crippen LogP contribution in [0.5, 0.6) is 11.5 Å². The molecule has 0 saturated heterocycles. The lowest BCUT2D eigenvalue weighted by molar-refractivity contribution is 0.171. The molecule has 8 heteroatoms. The number of anilines is 1. The molecule has 0 spiro atoms. The molecule has 1 aromatic carbocycles. The molecule has 0 amide bonds. The average molecular weight is 420 g/mol. The van der Waals surface area contributed by atoms with Gasteiger partial charge in [0, 0.05) is 23.8 Å². The Labute approximate surface area is 178 Å². The Bertz CT molecular complexity index is 1210. The number of ether oxygens (including phenoxy) is 2. The van der Waals surface area contributed by atoms with Crippen LogP contribution < -0.4 is 14.8 Å². The van der Waals surface area contributed by atoms with Crippen molar-refractivity contribution in [2.24, 2.45) is 0 Å². The van der Waals surface area contributed by atoms with Gasteiger partial charge in [-0.25, -0.2) is 15.0 Å². The van der Waals surface area contributed by atoms with Crippen molar-refractivity contribution in [1.29, 1.82) is 0 Å². The van der Waals surface area contributed by atoms with E-state index >= 15 is 0 Å². The maximum atomic E-state index is 5.69. The van der Waals surface area contributed by atoms with Crippen LogP contribution in [0.25, 0.3) is 21.7 Å². The molecule has 0 aliphatic carbocycles. The summed E-state index contributed by atoms with van der Waals surface area (Å²) >= 11 is 1.68. The summed E-state index contributed by atoms with van der Waals surface area (Å²) in [5.74, 6) is 3.05. The van der Waals surface area contributed by atoms with E-state index in [1.54, 1.807) is 29.9 Å². The molecule has 1 aliphatic heterocycles. The molecule has 0 fully saturated rings. The first kappa shape index (κ1) is 18.7. The zero-order valence-corrected chi connectivity index (χ0v) is 17.6. The van der Waals surface area contributed by atoms with E-state index in [4.69, 9.17) is 19.4 Å². The van der Waals surface area contributed by atoms with Crippen LogP contribution in [0.4, 0.5) is 5.82 Å². The van der Waals surface area contributed by atoms with Crippen molar-refractivity contribution in [3.8, 4) is 23.0 Å². The number of aromatic nitrogens is 4. The molecule has 0 atom stereocenters. The summed E-state index contributed by atoms with van der Waals surface area (Å²) in [6.45, 7) is 6.16. The Hall–Kier alpha value is -3.26. The number of hydrogen-bond acceptors (Lipinski definition) is 8. The van der Waals surface area contributed by atoms with Crippen molar-refractivity contribution in [1.82, 2.24) is 19.9 Å². The van der Waals surface area contributed by atoms with Crippen molar-refractivity contribution in [2.75, 3.05) is 25.1 Å². The Morgan fingerprint density at radius 3 is 2.77 bits per heavy atom. The number of thiophene rings is 1. The minimum atomic E-state index is 0.582. The maximum Gasteiger partial charge on any atom is 0.183 e. The Kier molecular flexibility index (Phi) is 4.92. The van der Waals surface area contributed by atoms with Gasteiger partial charge in [-0.15, -0.1) is 11.3 Å². The van der Waals surface area contributed by atoms with Gasteiger partial charge in [-0.05, 0) is 43.5 Å². The van der Waals surface area contributed by atoms with Gasteiger partial charge in [0.25, 0.3) is 0 Å². The summed E-state index contributed by atoms with van der Waals surface area (Å²) in [7, 11) is 0. The minimum Gasteiger partial charge on any atom is -0.486 e. The molecule has 152 valence electrons. The number of fused-ring (bicyclic) bond motifs is 2. The van der Waals surface area contributed by atoms with Gasteiger partial charge in [0.1, 0.15) is 29.6 Å². The molecule has 1 N–H and O–H groups in total. The molecule has 5 rings (SSSR count). The molecule has 0 unspecified atom stereocenters. The summed E-state index contributed by atoms with van der Waals surface area (Å²) in [5, 5.41) is 4.59. The van der Waals surface area contributed by atoms with Crippen LogP contribution in [0, 0.1) is 13.8 Å². The molecule has 4 aromatic rings. The van der Waals surface area contributed by atoms with Crippen molar-refractivity contribution in [3.05, 3.63) is 52.8 Å². The highest BCUT2D eigenvalue weighted by atomic mass is 32.1. The van der Waals surface area contributed by atoms with Crippen LogP contribution >= 0.6 is 11.3 Å². The molecule has 1 aliphatic rings. The highest BCUT2D eigenvalue weighted by molar-refractivity contribution is 7.18. The first-order valence-corrected chi connectivity index (χ1v) is 10.7. The maximum absolute atomic E-state index is 5.69. The Morgan fingerprint density at radius 1 is 1.07 bits per heavy atom. The van der Waals surface area contributed by atoms with E-state index in [1.165, 1.54) is 16.0 Å². The Morgan fingerprint density at radius 2 is 1.93 bits per heavy atom. The van der Waals surface area contributed by atoms with E-state index in [2.05, 4.69) is 41.3 Å². The Balaban J connectivity index is 1.42. The second-order valence-corrected chi connectivity index (χ2v) is 8.31. The van der Waals surface area contributed by atoms with Gasteiger partial charge in [0.2, 0.25) is 0 Å². The molecule has 0 saturated carbocycles. The normalized spacial score (nSPS) is 12.9. The quantitative estimate of drug-likeness (QED) is 0.519. The molecule has 3 aromatic heterocycles. The predicted molar refractivity (Wildman–Crippen MR) is 118 cm³/mol. The number of rotatable bonds is 5. The van der Waals surface area contributed by atoms with Crippen molar-refractivity contribution >= 4 is 27.4 Å². The standard InChI is InChI=1S/C22H21N5O2S/c1-13-14(2)30-22-19(13)21(26-20(27-22)16-12-23-7-8-24-16)25-6-5-15-3-4-17-18(11-15)29-10-9-28-17/h3-4,7-8,11-12H,5-6,9-10H2,1-2H3,(H,25,26,27). The number of benzene rings is 1. The summed E-state index contributed by atoms with van der Waals surface area (Å²) in [6.07, 6.45) is 5.83. The third-order valence-electron chi connectivity index (χ3n) is 5.13. The van der Waals surface area contributed by atoms with Crippen molar-refractivity contribution in [3.63, 3.8) is 0 Å². The number of nitrogens with one attached hydrogen (secondary N) is 1. The molecule has 0 bridgehead atoms. The topological polar surface area (TPSA) is 82.1 Å². The zero-order valence-electron chi connectivity index (χ0n) is 16.8. The van der Waals surface area contributed by atoms with Gasteiger partial charge in [-0.2, -0.15) is 0 Å². The fraction of sp³-hybridized carbons (Fsp3) is 0.273. The molecular weight excluding hydrogens is 398 g/mol. The average Bonchev–Trinajstić information content (AvgIpc) is 3.08. The number of nitrogens with zero attached hydrogens (tertiary/aromatic N) is 4. The fourth-order valence-electron chi connectivity index (χ4n) is 3.48. The van der Waals surface area contributed by atoms with Crippen LogP contribution in [-0.4, -0.2) is 39.7 Å². The van der Waals surface area contributed by atoms with Crippen LogP contribution in [0.2, 0.25) is 0 Å². The lowest BCUT2D eigenvalue weighted by Crippen LogP contribution is -2.15. The smallest absolute Gasteiger partial charge is 0.183 e. The lowest BCUT2D eigenvalue weighted by Gasteiger charge is -2.19. The second kappa shape index (κ2) is 7.87. The molecule has 7 nitrogen and oxygen atoms in total. The summed E-state index contributed by atoms with van der Waals surface area (Å²) < 4.78 is 11.3. The van der Waals surface area contributed by atoms with Gasteiger partial charge < -0.3 is 14.8 Å². The van der Waals surface area contributed by atoms with Crippen LogP contribution in [0.3, 0.4) is 0 Å². The number of aryl methyl sites for hydroxylation is 2. The predicted octanol–water partition coefficient (Wildman–Crippen LogP) is 4.19. The van der Waals surface area contributed by atoms with E-state index in [-0.39, 0.29) is 0 Å². The fourth-order valence-corrected chi connectivity index (χ4v) is 4.50. The van der Waals surface area contributed by atoms with Gasteiger partial charge in [0.15, 0.2) is 17.3 Å². The molecular formula is C22H21N5O2S. The van der Waals surface area contributed by atoms with Crippen molar-refractivity contribution < 1.29 is 9.47 Å². The van der Waals surface area contributed by atoms with E-state index < -0.39 is 0 Å². The SMILES string of the molecule is Cc1sc2nc(-c3cnccn3)nc(NCCc3ccc4c(c3)OCCO4)c2c1C. The highest BCUT2D eigenvalue weighted by Gasteiger charge is 2.16. The summed E-state index contributed by atoms with van der Waals surface area (Å²) in [4.78, 5) is 20.2. The monoisotopic (exact) mass is 419 g/mol. The van der Waals surface area contributed by atoms with E-state index in [0.717, 1.165) is 40.5 Å². The highest BCUT2D eigenvalue weighted by Crippen LogP contribution is 2.35. The number of hydrogen-bond donors (Lipinski definition) is 1. The largest absolute Gasteiger partial charge is 0.486 e. The lowest BCUT2D eigenvalue weighted by atomic mass is 10.1. The van der Waals surface area contributed by atoms with Gasteiger partial charge >= 0.3 is 0 Å². The molecule has 4 heterocycles. The zero-order chi connectivity index (χ0) is 20.5. The summed E-state index contributed by atoms with van der Waals surface area (Å²) in [6, 6.07) is 6.11. The third kappa shape index (κ3) is 3.54. The van der Waals surface area contributed by atoms with Crippen LogP contribution in [0.15, 0.2) is 36.8 Å². The second-order valence-electron chi connectivity index (χ2n) is 7.10. The van der Waals surface area contributed by atoms with E-state index in [9.17, 15) is 0 Å². The van der Waals surface area contributed by atoms with Crippen LogP contribution in [-0.2, 0) is 6.42 Å². The minimum absolute atomic E-state index is 0.582. The third-order valence-corrected chi connectivity index (χ3v) is 6.23. The molecule has 30 heavy (non-hydrogen) atoms. The summed E-state index contributed by atoms with van der Waals surface area (Å²) in [5.41, 5.74) is 3.06. The van der Waals surface area contributed by atoms with Crippen LogP contribution in [0.1, 0.15) is 16.0 Å². The first-order valence-electron chi connectivity index (χ1n) is 9.85. The van der Waals surface area contributed by atoms with E-state index in [1.807, 2.05) is 6.07 Å². The van der Waals surface area contributed by atoms with Gasteiger partial charge in [-0.3, -0.25) is 4.98 Å². The van der Waals surface area contributed by atoms with Gasteiger partial charge in [-0.1, -0.05) is 6.07 Å². The van der Waals surface area contributed by atoms with Crippen molar-refractivity contribution in [2.45, 2.75) is 20.3 Å². The van der Waals surface area contributed by atoms with E-state index in [0.29, 0.717) is 24.7 Å².